The zero-order valence-corrected chi connectivity index (χ0v) is 12.0. The summed E-state index contributed by atoms with van der Waals surface area (Å²) in [4.78, 5) is 17.3. The number of hydrogen-bond acceptors (Lipinski definition) is 3. The molecule has 0 aromatic heterocycles. The number of aryl methyl sites for hydroxylation is 1. The lowest BCUT2D eigenvalue weighted by Crippen LogP contribution is -2.44. The van der Waals surface area contributed by atoms with E-state index in [1.807, 2.05) is 6.92 Å². The second-order valence-electron chi connectivity index (χ2n) is 6.06. The molecule has 2 aliphatic rings. The minimum atomic E-state index is -0.440. The Morgan fingerprint density at radius 2 is 2.25 bits per heavy atom. The number of amides is 1. The highest BCUT2D eigenvalue weighted by Crippen LogP contribution is 2.39. The Morgan fingerprint density at radius 3 is 2.85 bits per heavy atom. The fraction of sp³-hybridized carbons (Fsp3) is 0.500. The molecule has 1 aliphatic heterocycles. The fourth-order valence-electron chi connectivity index (χ4n) is 2.69. The van der Waals surface area contributed by atoms with Crippen molar-refractivity contribution in [3.8, 4) is 0 Å². The Bertz CT molecular complexity index is 561. The number of nitrogens with zero attached hydrogens (tertiary/aromatic N) is 1. The normalized spacial score (nSPS) is 22.9. The number of nitrogens with one attached hydrogen (secondary N) is 1. The predicted molar refractivity (Wildman–Crippen MR) is 77.6 cm³/mol. The van der Waals surface area contributed by atoms with Gasteiger partial charge in [-0.3, -0.25) is 4.79 Å². The molecule has 20 heavy (non-hydrogen) atoms. The Kier molecular flexibility index (Phi) is 3.24. The van der Waals surface area contributed by atoms with Gasteiger partial charge >= 0.3 is 0 Å². The van der Waals surface area contributed by atoms with E-state index in [1.54, 1.807) is 0 Å². The molecule has 0 radical (unpaired) electrons. The van der Waals surface area contributed by atoms with Crippen molar-refractivity contribution >= 4 is 11.6 Å². The first-order valence-corrected chi connectivity index (χ1v) is 7.13. The molecule has 1 aromatic carbocycles. The molecule has 106 valence electrons. The van der Waals surface area contributed by atoms with Gasteiger partial charge in [-0.2, -0.15) is 0 Å². The van der Waals surface area contributed by atoms with Crippen molar-refractivity contribution in [3.63, 3.8) is 0 Å². The first-order chi connectivity index (χ1) is 9.56. The molecule has 0 saturated heterocycles. The molecule has 1 heterocycles. The molecule has 1 N–H and O–H groups in total. The molecule has 4 heteroatoms. The number of hydrogen-bond donors (Lipinski definition) is 1. The van der Waals surface area contributed by atoms with Crippen LogP contribution >= 0.6 is 0 Å². The lowest BCUT2D eigenvalue weighted by molar-refractivity contribution is -0.132. The molecule has 4 nitrogen and oxygen atoms in total. The van der Waals surface area contributed by atoms with Crippen molar-refractivity contribution in [1.29, 1.82) is 0 Å². The van der Waals surface area contributed by atoms with Crippen LogP contribution in [0.5, 0.6) is 0 Å². The summed E-state index contributed by atoms with van der Waals surface area (Å²) in [5.41, 5.74) is 3.36. The van der Waals surface area contributed by atoms with Gasteiger partial charge in [0, 0.05) is 12.0 Å². The van der Waals surface area contributed by atoms with Crippen LogP contribution in [-0.4, -0.2) is 23.3 Å². The maximum Gasteiger partial charge on any atom is 0.264 e. The first kappa shape index (κ1) is 13.2. The summed E-state index contributed by atoms with van der Waals surface area (Å²) in [7, 11) is 0. The third-order valence-electron chi connectivity index (χ3n) is 3.98. The van der Waals surface area contributed by atoms with Crippen molar-refractivity contribution in [2.75, 3.05) is 0 Å². The Hall–Kier alpha value is -1.84. The van der Waals surface area contributed by atoms with Crippen molar-refractivity contribution in [2.24, 2.45) is 5.16 Å². The molecular weight excluding hydrogens is 252 g/mol. The monoisotopic (exact) mass is 272 g/mol. The van der Waals surface area contributed by atoms with E-state index in [2.05, 4.69) is 41.7 Å². The van der Waals surface area contributed by atoms with E-state index in [1.165, 1.54) is 11.1 Å². The van der Waals surface area contributed by atoms with Crippen LogP contribution in [0.3, 0.4) is 0 Å². The number of carbonyl (C=O) groups is 1. The van der Waals surface area contributed by atoms with E-state index in [0.717, 1.165) is 25.0 Å². The quantitative estimate of drug-likeness (QED) is 0.914. The van der Waals surface area contributed by atoms with E-state index in [9.17, 15) is 4.79 Å². The Morgan fingerprint density at radius 1 is 1.45 bits per heavy atom. The smallest absolute Gasteiger partial charge is 0.264 e. The molecule has 1 aromatic rings. The van der Waals surface area contributed by atoms with Crippen LogP contribution in [-0.2, 0) is 16.1 Å². The van der Waals surface area contributed by atoms with Crippen LogP contribution < -0.4 is 5.32 Å². The van der Waals surface area contributed by atoms with Crippen molar-refractivity contribution in [3.05, 3.63) is 35.4 Å². The van der Waals surface area contributed by atoms with Gasteiger partial charge in [-0.15, -0.1) is 0 Å². The maximum absolute atomic E-state index is 12.2. The van der Waals surface area contributed by atoms with Gasteiger partial charge in [0.15, 0.2) is 0 Å². The molecular formula is C16H20N2O2. The first-order valence-electron chi connectivity index (χ1n) is 7.13. The SMILES string of the molecule is CC1=NOC(C(=O)NC2(Cc3cccc(C)c3)CC2)C1. The number of oxime groups is 1. The molecule has 3 rings (SSSR count). The van der Waals surface area contributed by atoms with E-state index >= 15 is 0 Å². The molecule has 0 bridgehead atoms. The Labute approximate surface area is 119 Å². The van der Waals surface area contributed by atoms with Gasteiger partial charge in [0.05, 0.1) is 5.71 Å². The second kappa shape index (κ2) is 4.93. The fourth-order valence-corrected chi connectivity index (χ4v) is 2.69. The summed E-state index contributed by atoms with van der Waals surface area (Å²) in [6.07, 6.45) is 3.14. The summed E-state index contributed by atoms with van der Waals surface area (Å²) in [5, 5.41) is 7.00. The summed E-state index contributed by atoms with van der Waals surface area (Å²) < 4.78 is 0. The number of carbonyl (C=O) groups excluding carboxylic acids is 1. The topological polar surface area (TPSA) is 50.7 Å². The molecule has 1 aliphatic carbocycles. The lowest BCUT2D eigenvalue weighted by atomic mass is 10.0. The third kappa shape index (κ3) is 2.84. The zero-order valence-electron chi connectivity index (χ0n) is 12.0. The average Bonchev–Trinajstić information content (AvgIpc) is 2.98. The van der Waals surface area contributed by atoms with Gasteiger partial charge in [0.1, 0.15) is 0 Å². The van der Waals surface area contributed by atoms with Crippen LogP contribution in [0.2, 0.25) is 0 Å². The second-order valence-corrected chi connectivity index (χ2v) is 6.06. The van der Waals surface area contributed by atoms with Crippen molar-refractivity contribution in [1.82, 2.24) is 5.32 Å². The van der Waals surface area contributed by atoms with E-state index < -0.39 is 6.10 Å². The molecule has 1 atom stereocenters. The van der Waals surface area contributed by atoms with Crippen molar-refractivity contribution < 1.29 is 9.63 Å². The Balaban J connectivity index is 1.61. The summed E-state index contributed by atoms with van der Waals surface area (Å²) in [5.74, 6) is -0.0317. The van der Waals surface area contributed by atoms with E-state index in [4.69, 9.17) is 4.84 Å². The zero-order chi connectivity index (χ0) is 14.2. The van der Waals surface area contributed by atoms with Crippen molar-refractivity contribution in [2.45, 2.75) is 51.2 Å². The summed E-state index contributed by atoms with van der Waals surface area (Å²) >= 11 is 0. The van der Waals surface area contributed by atoms with Crippen LogP contribution in [0.25, 0.3) is 0 Å². The highest BCUT2D eigenvalue weighted by molar-refractivity contribution is 5.91. The van der Waals surface area contributed by atoms with Gasteiger partial charge in [-0.1, -0.05) is 35.0 Å². The maximum atomic E-state index is 12.2. The summed E-state index contributed by atoms with van der Waals surface area (Å²) in [6, 6.07) is 8.47. The third-order valence-corrected chi connectivity index (χ3v) is 3.98. The minimum Gasteiger partial charge on any atom is -0.382 e. The van der Waals surface area contributed by atoms with Crippen LogP contribution in [0, 0.1) is 6.92 Å². The number of rotatable bonds is 4. The molecule has 1 fully saturated rings. The minimum absolute atomic E-state index is 0.0317. The standard InChI is InChI=1S/C16H20N2O2/c1-11-4-3-5-13(8-11)10-16(6-7-16)17-15(19)14-9-12(2)18-20-14/h3-5,8,14H,6-7,9-10H2,1-2H3,(H,17,19). The lowest BCUT2D eigenvalue weighted by Gasteiger charge is -2.19. The van der Waals surface area contributed by atoms with E-state index in [-0.39, 0.29) is 11.4 Å². The van der Waals surface area contributed by atoms with Crippen LogP contribution in [0.4, 0.5) is 0 Å². The largest absolute Gasteiger partial charge is 0.382 e. The van der Waals surface area contributed by atoms with Gasteiger partial charge in [0.25, 0.3) is 5.91 Å². The highest BCUT2D eigenvalue weighted by atomic mass is 16.6. The predicted octanol–water partition coefficient (Wildman–Crippen LogP) is 2.35. The van der Waals surface area contributed by atoms with Crippen LogP contribution in [0.15, 0.2) is 29.4 Å². The van der Waals surface area contributed by atoms with Gasteiger partial charge in [-0.25, -0.2) is 0 Å². The molecule has 1 amide bonds. The van der Waals surface area contributed by atoms with E-state index in [0.29, 0.717) is 6.42 Å². The van der Waals surface area contributed by atoms with Gasteiger partial charge in [-0.05, 0) is 38.7 Å². The van der Waals surface area contributed by atoms with Gasteiger partial charge in [0.2, 0.25) is 6.10 Å². The van der Waals surface area contributed by atoms with Crippen LogP contribution in [0.1, 0.15) is 37.3 Å². The van der Waals surface area contributed by atoms with Gasteiger partial charge < -0.3 is 10.2 Å². The summed E-state index contributed by atoms with van der Waals surface area (Å²) in [6.45, 7) is 3.97. The highest BCUT2D eigenvalue weighted by Gasteiger charge is 2.45. The molecule has 1 saturated carbocycles. The average molecular weight is 272 g/mol. The molecule has 0 spiro atoms. The molecule has 1 unspecified atom stereocenters. The number of benzene rings is 1.